The van der Waals surface area contributed by atoms with E-state index in [9.17, 15) is 9.90 Å². The van der Waals surface area contributed by atoms with E-state index in [2.05, 4.69) is 43.2 Å². The number of aromatic nitrogens is 1. The minimum absolute atomic E-state index is 0.0147. The van der Waals surface area contributed by atoms with E-state index in [1.165, 1.54) is 19.4 Å². The number of nitrogens with zero attached hydrogens (tertiary/aromatic N) is 1. The fraction of sp³-hybridized carbons (Fsp3) is 0.500. The fourth-order valence-electron chi connectivity index (χ4n) is 4.86. The van der Waals surface area contributed by atoms with Crippen molar-refractivity contribution in [2.24, 2.45) is 11.8 Å². The number of methoxy groups -OCH3 is 1. The Morgan fingerprint density at radius 1 is 1.26 bits per heavy atom. The maximum Gasteiger partial charge on any atom is 0.274 e. The van der Waals surface area contributed by atoms with E-state index in [0.717, 1.165) is 5.56 Å². The SMILES string of the molecule is COc1ccnc(C(=O)N[C@H]2CC3OC2[C@H](C)C(C)(OCc2ccccc2)[C@H]3C)c1O. The number of benzene rings is 1. The van der Waals surface area contributed by atoms with E-state index in [1.807, 2.05) is 18.2 Å². The number of hydrogen-bond donors (Lipinski definition) is 2. The largest absolute Gasteiger partial charge is 0.503 e. The van der Waals surface area contributed by atoms with E-state index in [4.69, 9.17) is 14.2 Å². The fourth-order valence-corrected chi connectivity index (χ4v) is 4.86. The predicted molar refractivity (Wildman–Crippen MR) is 115 cm³/mol. The summed E-state index contributed by atoms with van der Waals surface area (Å²) in [6.45, 7) is 6.95. The molecule has 0 radical (unpaired) electrons. The normalized spacial score (nSPS) is 31.9. The van der Waals surface area contributed by atoms with Crippen molar-refractivity contribution in [3.63, 3.8) is 0 Å². The van der Waals surface area contributed by atoms with Crippen LogP contribution in [0.2, 0.25) is 0 Å². The third kappa shape index (κ3) is 3.88. The Hall–Kier alpha value is -2.64. The number of ether oxygens (including phenoxy) is 3. The summed E-state index contributed by atoms with van der Waals surface area (Å²) in [6, 6.07) is 11.4. The van der Waals surface area contributed by atoms with Crippen molar-refractivity contribution in [1.82, 2.24) is 10.3 Å². The van der Waals surface area contributed by atoms with Gasteiger partial charge < -0.3 is 24.6 Å². The van der Waals surface area contributed by atoms with Crippen molar-refractivity contribution in [3.05, 3.63) is 53.9 Å². The van der Waals surface area contributed by atoms with Crippen molar-refractivity contribution in [2.45, 2.75) is 57.6 Å². The van der Waals surface area contributed by atoms with Crippen LogP contribution < -0.4 is 10.1 Å². The molecular formula is C24H30N2O5. The summed E-state index contributed by atoms with van der Waals surface area (Å²) >= 11 is 0. The van der Waals surface area contributed by atoms with Crippen molar-refractivity contribution in [2.75, 3.05) is 7.11 Å². The molecule has 3 unspecified atom stereocenters. The number of hydrogen-bond acceptors (Lipinski definition) is 6. The number of aromatic hydroxyl groups is 1. The zero-order chi connectivity index (χ0) is 22.2. The Kier molecular flexibility index (Phi) is 5.90. The number of carbonyl (C=O) groups excluding carboxylic acids is 1. The number of rotatable bonds is 6. The summed E-state index contributed by atoms with van der Waals surface area (Å²) < 4.78 is 17.9. The standard InChI is InChI=1S/C24H30N2O5/c1-14-19-12-17(26-23(28)20-21(27)18(29-4)10-11-25-20)22(31-19)15(2)24(14,3)30-13-16-8-6-5-7-9-16/h5-11,14-15,17,19,22,27H,12-13H2,1-4H3,(H,26,28)/t14-,15-,17-,19?,22?,24?/m0/s1. The summed E-state index contributed by atoms with van der Waals surface area (Å²) in [6.07, 6.45) is 1.94. The average molecular weight is 427 g/mol. The van der Waals surface area contributed by atoms with E-state index in [-0.39, 0.29) is 52.9 Å². The molecule has 7 heteroatoms. The first-order chi connectivity index (χ1) is 14.8. The lowest BCUT2D eigenvalue weighted by atomic mass is 9.74. The van der Waals surface area contributed by atoms with Gasteiger partial charge in [-0.2, -0.15) is 0 Å². The predicted octanol–water partition coefficient (Wildman–Crippen LogP) is 3.31. The highest BCUT2D eigenvalue weighted by Crippen LogP contribution is 2.48. The van der Waals surface area contributed by atoms with Crippen LogP contribution in [0.4, 0.5) is 0 Å². The zero-order valence-electron chi connectivity index (χ0n) is 18.4. The van der Waals surface area contributed by atoms with Gasteiger partial charge >= 0.3 is 0 Å². The van der Waals surface area contributed by atoms with Crippen LogP contribution in [-0.4, -0.2) is 47.0 Å². The molecule has 1 amide bonds. The van der Waals surface area contributed by atoms with Crippen molar-refractivity contribution < 1.29 is 24.1 Å². The average Bonchev–Trinajstić information content (AvgIpc) is 3.17. The smallest absolute Gasteiger partial charge is 0.274 e. The van der Waals surface area contributed by atoms with Crippen molar-refractivity contribution in [3.8, 4) is 11.5 Å². The Morgan fingerprint density at radius 2 is 2.00 bits per heavy atom. The molecule has 2 fully saturated rings. The zero-order valence-corrected chi connectivity index (χ0v) is 18.4. The first-order valence-electron chi connectivity index (χ1n) is 10.7. The quantitative estimate of drug-likeness (QED) is 0.737. The van der Waals surface area contributed by atoms with Crippen LogP contribution in [0.5, 0.6) is 11.5 Å². The van der Waals surface area contributed by atoms with Gasteiger partial charge in [0, 0.05) is 24.1 Å². The van der Waals surface area contributed by atoms with Gasteiger partial charge in [-0.25, -0.2) is 4.98 Å². The van der Waals surface area contributed by atoms with Gasteiger partial charge in [0.1, 0.15) is 0 Å². The Labute approximate surface area is 182 Å². The van der Waals surface area contributed by atoms with Gasteiger partial charge in [0.2, 0.25) is 0 Å². The highest BCUT2D eigenvalue weighted by atomic mass is 16.5. The van der Waals surface area contributed by atoms with E-state index >= 15 is 0 Å². The summed E-state index contributed by atoms with van der Waals surface area (Å²) in [5, 5.41) is 13.3. The van der Waals surface area contributed by atoms with Crippen molar-refractivity contribution >= 4 is 5.91 Å². The third-order valence-electron chi connectivity index (χ3n) is 7.10. The molecule has 0 spiro atoms. The highest BCUT2D eigenvalue weighted by Gasteiger charge is 2.57. The molecule has 6 atom stereocenters. The number of pyridine rings is 1. The molecule has 1 aromatic heterocycles. The molecular weight excluding hydrogens is 396 g/mol. The van der Waals surface area contributed by atoms with Gasteiger partial charge in [0.15, 0.2) is 17.2 Å². The van der Waals surface area contributed by atoms with E-state index < -0.39 is 5.91 Å². The maximum atomic E-state index is 12.9. The second-order valence-corrected chi connectivity index (χ2v) is 8.70. The minimum atomic E-state index is -0.440. The lowest BCUT2D eigenvalue weighted by molar-refractivity contribution is -0.212. The van der Waals surface area contributed by atoms with Gasteiger partial charge in [-0.15, -0.1) is 0 Å². The molecule has 166 valence electrons. The molecule has 3 heterocycles. The lowest BCUT2D eigenvalue weighted by Crippen LogP contribution is -2.56. The van der Waals surface area contributed by atoms with Gasteiger partial charge in [0.25, 0.3) is 5.91 Å². The second-order valence-electron chi connectivity index (χ2n) is 8.70. The molecule has 2 aliphatic rings. The van der Waals surface area contributed by atoms with Crippen LogP contribution in [-0.2, 0) is 16.1 Å². The summed E-state index contributed by atoms with van der Waals surface area (Å²) in [7, 11) is 1.43. The van der Waals surface area contributed by atoms with Crippen LogP contribution in [0.25, 0.3) is 0 Å². The molecule has 7 nitrogen and oxygen atoms in total. The molecule has 0 saturated carbocycles. The first-order valence-corrected chi connectivity index (χ1v) is 10.7. The summed E-state index contributed by atoms with van der Waals surface area (Å²) in [4.78, 5) is 16.9. The monoisotopic (exact) mass is 426 g/mol. The number of carbonyl (C=O) groups is 1. The van der Waals surface area contributed by atoms with Crippen molar-refractivity contribution in [1.29, 1.82) is 0 Å². The molecule has 4 rings (SSSR count). The molecule has 2 bridgehead atoms. The first kappa shape index (κ1) is 21.6. The number of amides is 1. The molecule has 1 aromatic carbocycles. The van der Waals surface area contributed by atoms with Crippen LogP contribution in [0.1, 0.15) is 43.2 Å². The van der Waals surface area contributed by atoms with Gasteiger partial charge in [-0.05, 0) is 18.9 Å². The second kappa shape index (κ2) is 8.48. The van der Waals surface area contributed by atoms with Gasteiger partial charge in [-0.1, -0.05) is 44.2 Å². The minimum Gasteiger partial charge on any atom is -0.503 e. The topological polar surface area (TPSA) is 89.9 Å². The van der Waals surface area contributed by atoms with Crippen LogP contribution in [0.15, 0.2) is 42.6 Å². The Morgan fingerprint density at radius 3 is 2.71 bits per heavy atom. The number of fused-ring (bicyclic) bond motifs is 2. The van der Waals surface area contributed by atoms with Gasteiger partial charge in [-0.3, -0.25) is 4.79 Å². The van der Waals surface area contributed by atoms with Crippen LogP contribution in [0.3, 0.4) is 0 Å². The maximum absolute atomic E-state index is 12.9. The Balaban J connectivity index is 1.49. The molecule has 2 N–H and O–H groups in total. The molecule has 0 aliphatic carbocycles. The molecule has 31 heavy (non-hydrogen) atoms. The summed E-state index contributed by atoms with van der Waals surface area (Å²) in [5.41, 5.74) is 0.690. The number of nitrogens with one attached hydrogen (secondary N) is 1. The van der Waals surface area contributed by atoms with E-state index in [1.54, 1.807) is 0 Å². The molecule has 2 saturated heterocycles. The van der Waals surface area contributed by atoms with Crippen LogP contribution in [0, 0.1) is 11.8 Å². The molecule has 2 aliphatic heterocycles. The third-order valence-corrected chi connectivity index (χ3v) is 7.10. The Bertz CT molecular complexity index is 937. The van der Waals surface area contributed by atoms with Gasteiger partial charge in [0.05, 0.1) is 37.6 Å². The van der Waals surface area contributed by atoms with Crippen LogP contribution >= 0.6 is 0 Å². The highest BCUT2D eigenvalue weighted by molar-refractivity contribution is 5.95. The summed E-state index contributed by atoms with van der Waals surface area (Å²) in [5.74, 6) is -0.272. The molecule has 2 aromatic rings. The van der Waals surface area contributed by atoms with E-state index in [0.29, 0.717) is 13.0 Å². The lowest BCUT2D eigenvalue weighted by Gasteiger charge is -2.48.